The van der Waals surface area contributed by atoms with Crippen LogP contribution < -0.4 is 10.6 Å². The Balaban J connectivity index is 2.60. The fourth-order valence-electron chi connectivity index (χ4n) is 4.28. The van der Waals surface area contributed by atoms with Gasteiger partial charge in [0.1, 0.15) is 23.4 Å². The van der Waals surface area contributed by atoms with E-state index in [1.165, 1.54) is 12.1 Å². The molecule has 2 rings (SSSR count). The Morgan fingerprint density at radius 3 is 2.21 bits per heavy atom. The van der Waals surface area contributed by atoms with Gasteiger partial charge in [0.2, 0.25) is 11.8 Å². The SMILES string of the molecule is CCCCN(C(=O)C(Cc1ccc(O)cc1)NC(=O)OC(C)(C)C)C(C(=O)NC(C)C)c1cc(C)ccc1C. The molecule has 2 aromatic carbocycles. The van der Waals surface area contributed by atoms with Gasteiger partial charge in [-0.25, -0.2) is 4.79 Å². The van der Waals surface area contributed by atoms with Crippen LogP contribution in [0.2, 0.25) is 0 Å². The van der Waals surface area contributed by atoms with Gasteiger partial charge < -0.3 is 25.4 Å². The van der Waals surface area contributed by atoms with Gasteiger partial charge in [-0.3, -0.25) is 9.59 Å². The van der Waals surface area contributed by atoms with Crippen molar-refractivity contribution in [3.8, 4) is 5.75 Å². The lowest BCUT2D eigenvalue weighted by molar-refractivity contribution is -0.142. The minimum Gasteiger partial charge on any atom is -0.508 e. The number of amides is 3. The van der Waals surface area contributed by atoms with E-state index >= 15 is 0 Å². The first kappa shape index (κ1) is 31.7. The number of hydrogen-bond donors (Lipinski definition) is 3. The fraction of sp³-hybridized carbons (Fsp3) is 0.516. The van der Waals surface area contributed by atoms with Crippen molar-refractivity contribution >= 4 is 17.9 Å². The second kappa shape index (κ2) is 14.0. The normalized spacial score (nSPS) is 12.9. The first-order chi connectivity index (χ1) is 18.2. The van der Waals surface area contributed by atoms with Crippen molar-refractivity contribution < 1.29 is 24.2 Å². The van der Waals surface area contributed by atoms with Crippen LogP contribution in [0.3, 0.4) is 0 Å². The monoisotopic (exact) mass is 539 g/mol. The van der Waals surface area contributed by atoms with Crippen LogP contribution in [0.5, 0.6) is 5.75 Å². The molecule has 0 radical (unpaired) electrons. The van der Waals surface area contributed by atoms with Crippen LogP contribution in [0.4, 0.5) is 4.79 Å². The summed E-state index contributed by atoms with van der Waals surface area (Å²) in [6.45, 7) is 15.3. The van der Waals surface area contributed by atoms with E-state index in [2.05, 4.69) is 10.6 Å². The Kier molecular flexibility index (Phi) is 11.4. The van der Waals surface area contributed by atoms with Gasteiger partial charge in [-0.05, 0) is 83.7 Å². The molecule has 0 aliphatic carbocycles. The maximum atomic E-state index is 14.3. The Morgan fingerprint density at radius 1 is 1.00 bits per heavy atom. The first-order valence-corrected chi connectivity index (χ1v) is 13.7. The summed E-state index contributed by atoms with van der Waals surface area (Å²) in [5.74, 6) is -0.553. The molecule has 0 bridgehead atoms. The van der Waals surface area contributed by atoms with E-state index in [0.717, 1.165) is 28.7 Å². The predicted molar refractivity (Wildman–Crippen MR) is 154 cm³/mol. The van der Waals surface area contributed by atoms with Crippen LogP contribution in [-0.2, 0) is 20.7 Å². The van der Waals surface area contributed by atoms with E-state index < -0.39 is 23.8 Å². The summed E-state index contributed by atoms with van der Waals surface area (Å²) < 4.78 is 5.48. The van der Waals surface area contributed by atoms with Gasteiger partial charge >= 0.3 is 6.09 Å². The van der Waals surface area contributed by atoms with E-state index in [4.69, 9.17) is 4.74 Å². The van der Waals surface area contributed by atoms with Crippen LogP contribution in [0.15, 0.2) is 42.5 Å². The van der Waals surface area contributed by atoms with Gasteiger partial charge in [-0.15, -0.1) is 0 Å². The maximum Gasteiger partial charge on any atom is 0.408 e. The summed E-state index contributed by atoms with van der Waals surface area (Å²) in [6.07, 6.45) is 0.939. The van der Waals surface area contributed by atoms with Crippen molar-refractivity contribution in [2.45, 2.75) is 98.4 Å². The Labute approximate surface area is 233 Å². The van der Waals surface area contributed by atoms with Gasteiger partial charge in [0, 0.05) is 19.0 Å². The van der Waals surface area contributed by atoms with Crippen molar-refractivity contribution in [3.63, 3.8) is 0 Å². The molecule has 0 heterocycles. The highest BCUT2D eigenvalue weighted by Crippen LogP contribution is 2.28. The molecule has 0 aromatic heterocycles. The number of carbonyl (C=O) groups excluding carboxylic acids is 3. The zero-order valence-corrected chi connectivity index (χ0v) is 24.6. The van der Waals surface area contributed by atoms with E-state index in [1.807, 2.05) is 52.8 Å². The number of benzene rings is 2. The smallest absolute Gasteiger partial charge is 0.408 e. The summed E-state index contributed by atoms with van der Waals surface area (Å²) in [6, 6.07) is 10.4. The number of ether oxygens (including phenoxy) is 1. The Morgan fingerprint density at radius 2 is 1.64 bits per heavy atom. The standard InChI is InChI=1S/C31H45N3O5/c1-9-10-17-34(27(28(36)32-20(2)3)25-18-21(4)11-12-22(25)5)29(37)26(33-30(38)39-31(6,7)8)19-23-13-15-24(35)16-14-23/h11-16,18,20,26-27,35H,9-10,17,19H2,1-8H3,(H,32,36)(H,33,38). The molecule has 214 valence electrons. The third-order valence-corrected chi connectivity index (χ3v) is 6.12. The number of alkyl carbamates (subject to hydrolysis) is 1. The van der Waals surface area contributed by atoms with E-state index in [-0.39, 0.29) is 30.0 Å². The lowest BCUT2D eigenvalue weighted by Crippen LogP contribution is -2.54. The largest absolute Gasteiger partial charge is 0.508 e. The number of nitrogens with one attached hydrogen (secondary N) is 2. The molecule has 8 nitrogen and oxygen atoms in total. The van der Waals surface area contributed by atoms with Gasteiger partial charge in [-0.2, -0.15) is 0 Å². The van der Waals surface area contributed by atoms with Gasteiger partial charge in [0.15, 0.2) is 0 Å². The van der Waals surface area contributed by atoms with Crippen molar-refractivity contribution in [2.24, 2.45) is 0 Å². The molecule has 2 unspecified atom stereocenters. The zero-order valence-electron chi connectivity index (χ0n) is 24.6. The average molecular weight is 540 g/mol. The number of aromatic hydroxyl groups is 1. The van der Waals surface area contributed by atoms with Crippen molar-refractivity contribution in [2.75, 3.05) is 6.54 Å². The lowest BCUT2D eigenvalue weighted by Gasteiger charge is -2.35. The van der Waals surface area contributed by atoms with E-state index in [0.29, 0.717) is 13.0 Å². The summed E-state index contributed by atoms with van der Waals surface area (Å²) in [5.41, 5.74) is 2.62. The van der Waals surface area contributed by atoms with Crippen molar-refractivity contribution in [1.82, 2.24) is 15.5 Å². The van der Waals surface area contributed by atoms with Gasteiger partial charge in [0.25, 0.3) is 0 Å². The Bertz CT molecular complexity index is 1120. The number of unbranched alkanes of at least 4 members (excludes halogenated alkanes) is 1. The molecule has 0 aliphatic heterocycles. The van der Waals surface area contributed by atoms with Crippen molar-refractivity contribution in [1.29, 1.82) is 0 Å². The summed E-state index contributed by atoms with van der Waals surface area (Å²) in [7, 11) is 0. The molecule has 2 aromatic rings. The first-order valence-electron chi connectivity index (χ1n) is 13.7. The molecule has 0 fully saturated rings. The number of phenolic OH excluding ortho intramolecular Hbond substituents is 1. The highest BCUT2D eigenvalue weighted by atomic mass is 16.6. The molecule has 0 spiro atoms. The molecular weight excluding hydrogens is 494 g/mol. The molecule has 3 N–H and O–H groups in total. The number of hydrogen-bond acceptors (Lipinski definition) is 5. The minimum absolute atomic E-state index is 0.103. The Hall–Kier alpha value is -3.55. The van der Waals surface area contributed by atoms with Crippen LogP contribution in [0.25, 0.3) is 0 Å². The molecule has 0 saturated heterocycles. The third-order valence-electron chi connectivity index (χ3n) is 6.12. The topological polar surface area (TPSA) is 108 Å². The molecule has 0 aliphatic rings. The molecule has 8 heteroatoms. The number of aryl methyl sites for hydroxylation is 2. The lowest BCUT2D eigenvalue weighted by atomic mass is 9.95. The second-order valence-electron chi connectivity index (χ2n) is 11.4. The van der Waals surface area contributed by atoms with Crippen LogP contribution in [0, 0.1) is 13.8 Å². The van der Waals surface area contributed by atoms with Gasteiger partial charge in [0.05, 0.1) is 0 Å². The van der Waals surface area contributed by atoms with E-state index in [9.17, 15) is 19.5 Å². The van der Waals surface area contributed by atoms with Gasteiger partial charge in [-0.1, -0.05) is 49.2 Å². The third kappa shape index (κ3) is 9.93. The van der Waals surface area contributed by atoms with E-state index in [1.54, 1.807) is 37.8 Å². The number of nitrogens with zero attached hydrogens (tertiary/aromatic N) is 1. The average Bonchev–Trinajstić information content (AvgIpc) is 2.82. The second-order valence-corrected chi connectivity index (χ2v) is 11.4. The van der Waals surface area contributed by atoms with Crippen molar-refractivity contribution in [3.05, 3.63) is 64.7 Å². The molecular formula is C31H45N3O5. The summed E-state index contributed by atoms with van der Waals surface area (Å²) in [5, 5.41) is 15.5. The molecule has 2 atom stereocenters. The van der Waals surface area contributed by atoms with Crippen LogP contribution in [-0.4, -0.2) is 52.1 Å². The fourth-order valence-corrected chi connectivity index (χ4v) is 4.28. The van der Waals surface area contributed by atoms with Crippen LogP contribution in [0.1, 0.15) is 82.7 Å². The predicted octanol–water partition coefficient (Wildman–Crippen LogP) is 5.34. The molecule has 39 heavy (non-hydrogen) atoms. The quantitative estimate of drug-likeness (QED) is 0.357. The minimum atomic E-state index is -0.999. The highest BCUT2D eigenvalue weighted by Gasteiger charge is 2.37. The maximum absolute atomic E-state index is 14.3. The zero-order chi connectivity index (χ0) is 29.3. The molecule has 0 saturated carbocycles. The number of rotatable bonds is 11. The summed E-state index contributed by atoms with van der Waals surface area (Å²) in [4.78, 5) is 42.5. The number of carbonyl (C=O) groups is 3. The highest BCUT2D eigenvalue weighted by molar-refractivity contribution is 5.92. The number of phenols is 1. The summed E-state index contributed by atoms with van der Waals surface area (Å²) >= 11 is 0. The van der Waals surface area contributed by atoms with Crippen LogP contribution >= 0.6 is 0 Å². The molecule has 3 amide bonds.